The van der Waals surface area contributed by atoms with Crippen LogP contribution in [0.2, 0.25) is 0 Å². The number of rotatable bonds is 3. The zero-order chi connectivity index (χ0) is 18.8. The minimum absolute atomic E-state index is 0.903. The second-order valence-corrected chi connectivity index (χ2v) is 6.95. The van der Waals surface area contributed by atoms with Crippen LogP contribution >= 0.6 is 0 Å². The van der Waals surface area contributed by atoms with Crippen LogP contribution in [-0.4, -0.2) is 41.4 Å². The van der Waals surface area contributed by atoms with Crippen LogP contribution in [0.4, 0.5) is 11.6 Å². The van der Waals surface area contributed by atoms with Gasteiger partial charge in [-0.15, -0.1) is 10.2 Å². The van der Waals surface area contributed by atoms with Crippen LogP contribution in [0, 0.1) is 0 Å². The summed E-state index contributed by atoms with van der Waals surface area (Å²) in [5.41, 5.74) is 2.03. The average molecular weight is 367 g/mol. The number of pyridine rings is 1. The van der Waals surface area contributed by atoms with Crippen LogP contribution in [0.1, 0.15) is 0 Å². The second-order valence-electron chi connectivity index (χ2n) is 6.95. The van der Waals surface area contributed by atoms with Crippen LogP contribution in [0.3, 0.4) is 0 Å². The van der Waals surface area contributed by atoms with E-state index in [0.717, 1.165) is 59.8 Å². The Morgan fingerprint density at radius 2 is 1.29 bits per heavy atom. The molecule has 2 aromatic carbocycles. The predicted molar refractivity (Wildman–Crippen MR) is 114 cm³/mol. The van der Waals surface area contributed by atoms with E-state index < -0.39 is 0 Å². The van der Waals surface area contributed by atoms with Crippen molar-refractivity contribution in [2.45, 2.75) is 0 Å². The number of hydrogen-bond acceptors (Lipinski definition) is 5. The largest absolute Gasteiger partial charge is 0.353 e. The molecule has 5 heteroatoms. The highest BCUT2D eigenvalue weighted by Gasteiger charge is 2.22. The van der Waals surface area contributed by atoms with Gasteiger partial charge in [-0.2, -0.15) is 0 Å². The Hall–Kier alpha value is -3.47. The van der Waals surface area contributed by atoms with E-state index >= 15 is 0 Å². The molecule has 0 atom stereocenters. The Balaban J connectivity index is 1.46. The van der Waals surface area contributed by atoms with E-state index in [9.17, 15) is 0 Å². The summed E-state index contributed by atoms with van der Waals surface area (Å²) in [6.45, 7) is 3.65. The highest BCUT2D eigenvalue weighted by atomic mass is 15.3. The first-order valence-corrected chi connectivity index (χ1v) is 9.62. The number of hydrogen-bond donors (Lipinski definition) is 0. The summed E-state index contributed by atoms with van der Waals surface area (Å²) in [7, 11) is 0. The van der Waals surface area contributed by atoms with Crippen LogP contribution in [0.5, 0.6) is 0 Å². The van der Waals surface area contributed by atoms with E-state index in [1.807, 2.05) is 36.5 Å². The molecule has 5 nitrogen and oxygen atoms in total. The summed E-state index contributed by atoms with van der Waals surface area (Å²) in [4.78, 5) is 9.14. The van der Waals surface area contributed by atoms with Crippen LogP contribution < -0.4 is 9.80 Å². The van der Waals surface area contributed by atoms with E-state index in [0.29, 0.717) is 0 Å². The zero-order valence-corrected chi connectivity index (χ0v) is 15.6. The van der Waals surface area contributed by atoms with Crippen LogP contribution in [0.25, 0.3) is 22.0 Å². The maximum Gasteiger partial charge on any atom is 0.159 e. The highest BCUT2D eigenvalue weighted by Crippen LogP contribution is 2.31. The van der Waals surface area contributed by atoms with Crippen molar-refractivity contribution in [2.75, 3.05) is 36.0 Å². The lowest BCUT2D eigenvalue weighted by molar-refractivity contribution is 0.640. The first-order chi connectivity index (χ1) is 13.9. The molecule has 4 aromatic rings. The molecule has 0 radical (unpaired) electrons. The first-order valence-electron chi connectivity index (χ1n) is 9.62. The van der Waals surface area contributed by atoms with E-state index in [2.05, 4.69) is 67.4 Å². The van der Waals surface area contributed by atoms with E-state index in [1.54, 1.807) is 0 Å². The molecule has 0 unspecified atom stereocenters. The van der Waals surface area contributed by atoms with Crippen molar-refractivity contribution >= 4 is 22.4 Å². The third kappa shape index (κ3) is 3.05. The fraction of sp³-hybridized carbons (Fsp3) is 0.174. The van der Waals surface area contributed by atoms with Gasteiger partial charge in [0.25, 0.3) is 0 Å². The summed E-state index contributed by atoms with van der Waals surface area (Å²) < 4.78 is 0. The van der Waals surface area contributed by atoms with Gasteiger partial charge in [0.1, 0.15) is 11.5 Å². The maximum absolute atomic E-state index is 4.65. The summed E-state index contributed by atoms with van der Waals surface area (Å²) in [6, 6.07) is 24.8. The van der Waals surface area contributed by atoms with Crippen molar-refractivity contribution in [3.8, 4) is 11.3 Å². The second kappa shape index (κ2) is 7.27. The molecule has 0 bridgehead atoms. The third-order valence-electron chi connectivity index (χ3n) is 5.27. The monoisotopic (exact) mass is 367 g/mol. The summed E-state index contributed by atoms with van der Waals surface area (Å²) in [5, 5.41) is 11.6. The van der Waals surface area contributed by atoms with Crippen LogP contribution in [-0.2, 0) is 0 Å². The van der Waals surface area contributed by atoms with E-state index in [4.69, 9.17) is 0 Å². The molecule has 3 heterocycles. The van der Waals surface area contributed by atoms with Crippen molar-refractivity contribution in [1.82, 2.24) is 15.2 Å². The van der Waals surface area contributed by atoms with Gasteiger partial charge in [0, 0.05) is 48.7 Å². The molecular weight excluding hydrogens is 346 g/mol. The van der Waals surface area contributed by atoms with Gasteiger partial charge in [0.15, 0.2) is 5.82 Å². The molecule has 0 aliphatic carbocycles. The molecule has 0 amide bonds. The Morgan fingerprint density at radius 3 is 2.04 bits per heavy atom. The minimum atomic E-state index is 0.903. The Kier molecular flexibility index (Phi) is 4.33. The standard InChI is InChI=1S/C23H21N5/c1-2-8-18(9-3-1)22-19-10-4-5-11-20(19)23(26-25-22)28-16-14-27(15-17-28)21-12-6-7-13-24-21/h1-13H,14-17H2. The van der Waals surface area contributed by atoms with Gasteiger partial charge < -0.3 is 9.80 Å². The normalized spacial score (nSPS) is 14.4. The lowest BCUT2D eigenvalue weighted by atomic mass is 10.0. The van der Waals surface area contributed by atoms with Gasteiger partial charge in [-0.3, -0.25) is 0 Å². The van der Waals surface area contributed by atoms with Crippen molar-refractivity contribution in [3.05, 3.63) is 79.0 Å². The number of anilines is 2. The number of piperazine rings is 1. The molecule has 0 spiro atoms. The number of aromatic nitrogens is 3. The summed E-state index contributed by atoms with van der Waals surface area (Å²) in [6.07, 6.45) is 1.85. The average Bonchev–Trinajstić information content (AvgIpc) is 2.80. The minimum Gasteiger partial charge on any atom is -0.353 e. The molecule has 0 saturated carbocycles. The van der Waals surface area contributed by atoms with E-state index in [1.165, 1.54) is 0 Å². The molecule has 2 aromatic heterocycles. The highest BCUT2D eigenvalue weighted by molar-refractivity contribution is 6.00. The zero-order valence-electron chi connectivity index (χ0n) is 15.6. The van der Waals surface area contributed by atoms with Crippen molar-refractivity contribution in [3.63, 3.8) is 0 Å². The predicted octanol–water partition coefficient (Wildman–Crippen LogP) is 4.02. The molecule has 138 valence electrons. The Labute approximate surface area is 164 Å². The number of nitrogens with zero attached hydrogens (tertiary/aromatic N) is 5. The van der Waals surface area contributed by atoms with Gasteiger partial charge in [-0.1, -0.05) is 60.7 Å². The topological polar surface area (TPSA) is 45.2 Å². The summed E-state index contributed by atoms with van der Waals surface area (Å²) >= 11 is 0. The fourth-order valence-electron chi connectivity index (χ4n) is 3.82. The quantitative estimate of drug-likeness (QED) is 0.547. The molecule has 28 heavy (non-hydrogen) atoms. The Morgan fingerprint density at radius 1 is 0.607 bits per heavy atom. The molecule has 5 rings (SSSR count). The molecule has 1 aliphatic heterocycles. The van der Waals surface area contributed by atoms with Gasteiger partial charge in [-0.05, 0) is 12.1 Å². The van der Waals surface area contributed by atoms with Crippen molar-refractivity contribution in [2.24, 2.45) is 0 Å². The Bertz CT molecular complexity index is 1070. The van der Waals surface area contributed by atoms with Gasteiger partial charge >= 0.3 is 0 Å². The molecule has 0 N–H and O–H groups in total. The molecule has 1 aliphatic rings. The van der Waals surface area contributed by atoms with Gasteiger partial charge in [0.05, 0.1) is 0 Å². The molecule has 1 saturated heterocycles. The maximum atomic E-state index is 4.65. The smallest absolute Gasteiger partial charge is 0.159 e. The summed E-state index contributed by atoms with van der Waals surface area (Å²) in [5.74, 6) is 2.01. The van der Waals surface area contributed by atoms with E-state index in [-0.39, 0.29) is 0 Å². The third-order valence-corrected chi connectivity index (χ3v) is 5.27. The van der Waals surface area contributed by atoms with Crippen LogP contribution in [0.15, 0.2) is 79.0 Å². The molecule has 1 fully saturated rings. The molecular formula is C23H21N5. The SMILES string of the molecule is c1ccc(-c2nnc(N3CCN(c4ccccn4)CC3)c3ccccc23)cc1. The first kappa shape index (κ1) is 16.7. The van der Waals surface area contributed by atoms with Gasteiger partial charge in [0.2, 0.25) is 0 Å². The number of fused-ring (bicyclic) bond motifs is 1. The lowest BCUT2D eigenvalue weighted by Gasteiger charge is -2.36. The number of benzene rings is 2. The fourth-order valence-corrected chi connectivity index (χ4v) is 3.82. The van der Waals surface area contributed by atoms with Crippen molar-refractivity contribution in [1.29, 1.82) is 0 Å². The van der Waals surface area contributed by atoms with Crippen molar-refractivity contribution < 1.29 is 0 Å². The van der Waals surface area contributed by atoms with Gasteiger partial charge in [-0.25, -0.2) is 4.98 Å². The lowest BCUT2D eigenvalue weighted by Crippen LogP contribution is -2.47.